The molecule has 30 heavy (non-hydrogen) atoms. The monoisotopic (exact) mass is 420 g/mol. The topological polar surface area (TPSA) is 56.5 Å². The van der Waals surface area contributed by atoms with Crippen molar-refractivity contribution < 1.29 is 14.6 Å². The number of benzene rings is 3. The molecule has 0 atom stereocenters. The van der Waals surface area contributed by atoms with Crippen molar-refractivity contribution in [2.75, 3.05) is 7.11 Å². The Labute approximate surface area is 180 Å². The van der Waals surface area contributed by atoms with Crippen LogP contribution in [0.15, 0.2) is 71.6 Å². The van der Waals surface area contributed by atoms with Crippen LogP contribution in [0.4, 0.5) is 0 Å². The van der Waals surface area contributed by atoms with Crippen LogP contribution in [-0.4, -0.2) is 22.0 Å². The summed E-state index contributed by atoms with van der Waals surface area (Å²) in [6.45, 7) is 0.446. The van der Waals surface area contributed by atoms with Gasteiger partial charge in [-0.25, -0.2) is 0 Å². The maximum atomic E-state index is 9.29. The maximum Gasteiger partial charge on any atom is 0.128 e. The zero-order chi connectivity index (χ0) is 20.9. The van der Waals surface area contributed by atoms with Crippen LogP contribution in [0.5, 0.6) is 11.5 Å². The number of rotatable bonds is 8. The van der Waals surface area contributed by atoms with Gasteiger partial charge in [0.2, 0.25) is 0 Å². The number of hydrogen-bond acceptors (Lipinski definition) is 5. The average Bonchev–Trinajstić information content (AvgIpc) is 3.16. The third-order valence-electron chi connectivity index (χ3n) is 4.93. The molecule has 0 unspecified atom stereocenters. The van der Waals surface area contributed by atoms with E-state index in [9.17, 15) is 5.11 Å². The number of thioether (sulfide) groups is 1. The van der Waals surface area contributed by atoms with Gasteiger partial charge >= 0.3 is 0 Å². The fourth-order valence-electron chi connectivity index (χ4n) is 3.28. The number of aliphatic hydroxyl groups excluding tert-OH is 1. The molecule has 4 aromatic rings. The summed E-state index contributed by atoms with van der Waals surface area (Å²) in [4.78, 5) is 1.13. The number of aliphatic hydroxyl groups is 1. The van der Waals surface area contributed by atoms with Crippen molar-refractivity contribution in [2.24, 2.45) is 7.05 Å². The molecule has 4 rings (SSSR count). The highest BCUT2D eigenvalue weighted by Gasteiger charge is 2.09. The van der Waals surface area contributed by atoms with Gasteiger partial charge in [0, 0.05) is 28.8 Å². The third kappa shape index (κ3) is 4.61. The highest BCUT2D eigenvalue weighted by atomic mass is 32.2. The van der Waals surface area contributed by atoms with Gasteiger partial charge < -0.3 is 14.6 Å². The number of methoxy groups -OCH3 is 1. The summed E-state index contributed by atoms with van der Waals surface area (Å²) in [6, 6.07) is 22.4. The number of nitrogens with zero attached hydrogens (tertiary/aromatic N) is 2. The lowest BCUT2D eigenvalue weighted by Gasteiger charge is -2.12. The molecule has 1 heterocycles. The van der Waals surface area contributed by atoms with Crippen molar-refractivity contribution in [3.63, 3.8) is 0 Å². The predicted molar refractivity (Wildman–Crippen MR) is 120 cm³/mol. The SMILES string of the molecule is COc1ccc(COc2cc(SCc3cc(CO)nn3C)cc3ccccc23)cc1. The lowest BCUT2D eigenvalue weighted by molar-refractivity contribution is 0.275. The molecular formula is C24H24N2O3S. The summed E-state index contributed by atoms with van der Waals surface area (Å²) in [5, 5.41) is 15.8. The molecule has 0 aliphatic heterocycles. The molecular weight excluding hydrogens is 396 g/mol. The van der Waals surface area contributed by atoms with Crippen molar-refractivity contribution in [2.45, 2.75) is 23.9 Å². The van der Waals surface area contributed by atoms with Crippen molar-refractivity contribution in [3.8, 4) is 11.5 Å². The summed E-state index contributed by atoms with van der Waals surface area (Å²) in [5.41, 5.74) is 2.84. The molecule has 0 bridgehead atoms. The van der Waals surface area contributed by atoms with E-state index < -0.39 is 0 Å². The van der Waals surface area contributed by atoms with Crippen molar-refractivity contribution in [3.05, 3.63) is 83.7 Å². The molecule has 5 nitrogen and oxygen atoms in total. The Morgan fingerprint density at radius 3 is 2.57 bits per heavy atom. The Morgan fingerprint density at radius 1 is 1.03 bits per heavy atom. The predicted octanol–water partition coefficient (Wildman–Crippen LogP) is 4.95. The number of ether oxygens (including phenoxy) is 2. The van der Waals surface area contributed by atoms with E-state index in [0.717, 1.165) is 44.2 Å². The molecule has 0 aliphatic carbocycles. The van der Waals surface area contributed by atoms with Gasteiger partial charge in [-0.15, -0.1) is 11.8 Å². The highest BCUT2D eigenvalue weighted by Crippen LogP contribution is 2.34. The third-order valence-corrected chi connectivity index (χ3v) is 5.94. The molecule has 154 valence electrons. The molecule has 0 spiro atoms. The lowest BCUT2D eigenvalue weighted by Crippen LogP contribution is -1.98. The van der Waals surface area contributed by atoms with Crippen molar-refractivity contribution >= 4 is 22.5 Å². The van der Waals surface area contributed by atoms with Gasteiger partial charge in [0.1, 0.15) is 18.1 Å². The zero-order valence-electron chi connectivity index (χ0n) is 17.0. The Hall–Kier alpha value is -2.96. The Morgan fingerprint density at radius 2 is 1.83 bits per heavy atom. The van der Waals surface area contributed by atoms with Crippen LogP contribution < -0.4 is 9.47 Å². The smallest absolute Gasteiger partial charge is 0.128 e. The van der Waals surface area contributed by atoms with E-state index in [1.807, 2.05) is 54.2 Å². The molecule has 1 aromatic heterocycles. The molecule has 0 saturated heterocycles. The number of aryl methyl sites for hydroxylation is 1. The summed E-state index contributed by atoms with van der Waals surface area (Å²) < 4.78 is 13.3. The van der Waals surface area contributed by atoms with Crippen molar-refractivity contribution in [1.29, 1.82) is 0 Å². The van der Waals surface area contributed by atoms with Gasteiger partial charge in [-0.2, -0.15) is 5.10 Å². The molecule has 1 N–H and O–H groups in total. The summed E-state index contributed by atoms with van der Waals surface area (Å²) >= 11 is 1.73. The molecule has 0 amide bonds. The van der Waals surface area contributed by atoms with Crippen LogP contribution in [0, 0.1) is 0 Å². The van der Waals surface area contributed by atoms with E-state index in [4.69, 9.17) is 9.47 Å². The van der Waals surface area contributed by atoms with Gasteiger partial charge in [0.15, 0.2) is 0 Å². The minimum Gasteiger partial charge on any atom is -0.497 e. The van der Waals surface area contributed by atoms with Crippen LogP contribution in [0.2, 0.25) is 0 Å². The summed E-state index contributed by atoms with van der Waals surface area (Å²) in [6.07, 6.45) is 0. The summed E-state index contributed by atoms with van der Waals surface area (Å²) in [5.74, 6) is 2.47. The molecule has 6 heteroatoms. The first-order valence-corrected chi connectivity index (χ1v) is 10.7. The first kappa shape index (κ1) is 20.3. The van der Waals surface area contributed by atoms with Gasteiger partial charge in [-0.3, -0.25) is 4.68 Å². The average molecular weight is 421 g/mol. The highest BCUT2D eigenvalue weighted by molar-refractivity contribution is 7.98. The second-order valence-electron chi connectivity index (χ2n) is 6.98. The zero-order valence-corrected chi connectivity index (χ0v) is 17.9. The van der Waals surface area contributed by atoms with Crippen molar-refractivity contribution in [1.82, 2.24) is 9.78 Å². The molecule has 0 aliphatic rings. The number of fused-ring (bicyclic) bond motifs is 1. The number of hydrogen-bond donors (Lipinski definition) is 1. The first-order chi connectivity index (χ1) is 14.7. The van der Waals surface area contributed by atoms with E-state index in [1.54, 1.807) is 18.9 Å². The first-order valence-electron chi connectivity index (χ1n) is 9.70. The molecule has 0 radical (unpaired) electrons. The van der Waals surface area contributed by atoms with Crippen LogP contribution in [0.3, 0.4) is 0 Å². The fraction of sp³-hybridized carbons (Fsp3) is 0.208. The fourth-order valence-corrected chi connectivity index (χ4v) is 4.26. The maximum absolute atomic E-state index is 9.29. The van der Waals surface area contributed by atoms with E-state index in [0.29, 0.717) is 12.3 Å². The van der Waals surface area contributed by atoms with Crippen LogP contribution in [-0.2, 0) is 26.0 Å². The molecule has 0 fully saturated rings. The van der Waals surface area contributed by atoms with Gasteiger partial charge in [-0.1, -0.05) is 36.4 Å². The lowest BCUT2D eigenvalue weighted by atomic mass is 10.1. The van der Waals surface area contributed by atoms with Crippen LogP contribution >= 0.6 is 11.8 Å². The van der Waals surface area contributed by atoms with Gasteiger partial charge in [0.05, 0.1) is 19.4 Å². The number of aromatic nitrogens is 2. The minimum atomic E-state index is -0.0438. The quantitative estimate of drug-likeness (QED) is 0.409. The Bertz CT molecular complexity index is 1140. The Balaban J connectivity index is 1.54. The Kier molecular flexibility index (Phi) is 6.26. The molecule has 0 saturated carbocycles. The minimum absolute atomic E-state index is 0.0438. The van der Waals surface area contributed by atoms with E-state index in [2.05, 4.69) is 29.4 Å². The van der Waals surface area contributed by atoms with E-state index >= 15 is 0 Å². The largest absolute Gasteiger partial charge is 0.497 e. The van der Waals surface area contributed by atoms with Crippen LogP contribution in [0.25, 0.3) is 10.8 Å². The van der Waals surface area contributed by atoms with E-state index in [-0.39, 0.29) is 6.61 Å². The van der Waals surface area contributed by atoms with Gasteiger partial charge in [0.25, 0.3) is 0 Å². The molecule has 3 aromatic carbocycles. The second-order valence-corrected chi connectivity index (χ2v) is 8.03. The van der Waals surface area contributed by atoms with Gasteiger partial charge in [-0.05, 0) is 41.3 Å². The van der Waals surface area contributed by atoms with E-state index in [1.165, 1.54) is 0 Å². The van der Waals surface area contributed by atoms with Crippen LogP contribution in [0.1, 0.15) is 17.0 Å². The summed E-state index contributed by atoms with van der Waals surface area (Å²) in [7, 11) is 3.57. The second kappa shape index (κ2) is 9.24. The normalized spacial score (nSPS) is 11.0. The standard InChI is InChI=1S/C24H24N2O3S/c1-26-20(12-19(14-27)25-26)16-30-22-11-18-5-3-4-6-23(18)24(13-22)29-15-17-7-9-21(28-2)10-8-17/h3-13,27H,14-16H2,1-2H3.